The lowest BCUT2D eigenvalue weighted by atomic mass is 10.4. The number of aliphatic imine (C=N–C) groups is 1. The zero-order chi connectivity index (χ0) is 10.6. The van der Waals surface area contributed by atoms with Gasteiger partial charge in [-0.25, -0.2) is 4.68 Å². The summed E-state index contributed by atoms with van der Waals surface area (Å²) in [6.45, 7) is 7.20. The number of rotatable bonds is 3. The highest BCUT2D eigenvalue weighted by Crippen LogP contribution is 2.14. The molecule has 0 aromatic carbocycles. The van der Waals surface area contributed by atoms with Gasteiger partial charge in [0, 0.05) is 23.7 Å². The number of aryl methyl sites for hydroxylation is 1. The minimum Gasteiger partial charge on any atom is -0.273 e. The molecule has 0 N–H and O–H groups in total. The summed E-state index contributed by atoms with van der Waals surface area (Å²) in [7, 11) is 0. The van der Waals surface area contributed by atoms with Gasteiger partial charge in [0.15, 0.2) is 5.15 Å². The second-order valence-corrected chi connectivity index (χ2v) is 3.24. The van der Waals surface area contributed by atoms with Crippen LogP contribution in [0, 0.1) is 6.92 Å². The van der Waals surface area contributed by atoms with Gasteiger partial charge in [0.2, 0.25) is 0 Å². The van der Waals surface area contributed by atoms with E-state index in [1.165, 1.54) is 0 Å². The normalized spacial score (nSPS) is 12.4. The molecule has 0 unspecified atom stereocenters. The van der Waals surface area contributed by atoms with E-state index in [1.54, 1.807) is 17.0 Å². The molecule has 0 saturated heterocycles. The van der Waals surface area contributed by atoms with E-state index < -0.39 is 0 Å². The van der Waals surface area contributed by atoms with Crippen molar-refractivity contribution < 1.29 is 0 Å². The first-order chi connectivity index (χ1) is 6.65. The second-order valence-electron chi connectivity index (χ2n) is 2.88. The summed E-state index contributed by atoms with van der Waals surface area (Å²) >= 11 is 5.83. The van der Waals surface area contributed by atoms with E-state index in [9.17, 15) is 0 Å². The second kappa shape index (κ2) is 4.77. The van der Waals surface area contributed by atoms with E-state index in [4.69, 9.17) is 11.6 Å². The van der Waals surface area contributed by atoms with Crippen molar-refractivity contribution in [2.45, 2.75) is 13.8 Å². The molecule has 1 heterocycles. The maximum atomic E-state index is 5.83. The Kier molecular flexibility index (Phi) is 3.65. The SMILES string of the molecule is C=N/C=C\C=C(/C)n1cc(C)c(Cl)n1. The maximum Gasteiger partial charge on any atom is 0.154 e. The molecule has 1 aromatic heterocycles. The van der Waals surface area contributed by atoms with E-state index in [2.05, 4.69) is 16.8 Å². The fraction of sp³-hybridized carbons (Fsp3) is 0.200. The van der Waals surface area contributed by atoms with Crippen molar-refractivity contribution in [1.29, 1.82) is 0 Å². The van der Waals surface area contributed by atoms with Gasteiger partial charge < -0.3 is 0 Å². The van der Waals surface area contributed by atoms with E-state index in [0.29, 0.717) is 5.15 Å². The van der Waals surface area contributed by atoms with Crippen molar-refractivity contribution in [3.8, 4) is 0 Å². The minimum absolute atomic E-state index is 0.531. The van der Waals surface area contributed by atoms with Gasteiger partial charge in [0.25, 0.3) is 0 Å². The van der Waals surface area contributed by atoms with E-state index >= 15 is 0 Å². The Bertz CT molecular complexity index is 369. The molecule has 0 spiro atoms. The monoisotopic (exact) mass is 209 g/mol. The molecule has 0 saturated carbocycles. The lowest BCUT2D eigenvalue weighted by molar-refractivity contribution is 0.896. The predicted molar refractivity (Wildman–Crippen MR) is 60.6 cm³/mol. The molecule has 0 amide bonds. The largest absolute Gasteiger partial charge is 0.273 e. The molecule has 0 fully saturated rings. The highest BCUT2D eigenvalue weighted by molar-refractivity contribution is 6.30. The molecule has 0 aliphatic carbocycles. The van der Waals surface area contributed by atoms with Gasteiger partial charge in [-0.05, 0) is 32.7 Å². The Morgan fingerprint density at radius 1 is 1.71 bits per heavy atom. The number of halogens is 1. The third-order valence-corrected chi connectivity index (χ3v) is 2.10. The van der Waals surface area contributed by atoms with Gasteiger partial charge in [-0.1, -0.05) is 11.6 Å². The molecule has 0 radical (unpaired) electrons. The fourth-order valence-corrected chi connectivity index (χ4v) is 1.07. The number of hydrogen-bond donors (Lipinski definition) is 0. The van der Waals surface area contributed by atoms with Gasteiger partial charge in [0.05, 0.1) is 0 Å². The van der Waals surface area contributed by atoms with Crippen LogP contribution < -0.4 is 0 Å². The average Bonchev–Trinajstić information content (AvgIpc) is 2.47. The summed E-state index contributed by atoms with van der Waals surface area (Å²) in [6, 6.07) is 0. The topological polar surface area (TPSA) is 30.2 Å². The van der Waals surface area contributed by atoms with Crippen LogP contribution in [0.1, 0.15) is 12.5 Å². The number of hydrogen-bond acceptors (Lipinski definition) is 2. The quantitative estimate of drug-likeness (QED) is 0.556. The molecule has 3 nitrogen and oxygen atoms in total. The zero-order valence-corrected chi connectivity index (χ0v) is 8.99. The summed E-state index contributed by atoms with van der Waals surface area (Å²) in [5, 5.41) is 4.65. The van der Waals surface area contributed by atoms with Gasteiger partial charge in [0.1, 0.15) is 0 Å². The van der Waals surface area contributed by atoms with E-state index in [-0.39, 0.29) is 0 Å². The summed E-state index contributed by atoms with van der Waals surface area (Å²) in [4.78, 5) is 3.59. The molecule has 0 atom stereocenters. The van der Waals surface area contributed by atoms with Crippen molar-refractivity contribution in [2.24, 2.45) is 4.99 Å². The number of allylic oxidation sites excluding steroid dienone is 3. The Hall–Kier alpha value is -1.35. The smallest absolute Gasteiger partial charge is 0.154 e. The first kappa shape index (κ1) is 10.7. The molecule has 1 aromatic rings. The average molecular weight is 210 g/mol. The third-order valence-electron chi connectivity index (χ3n) is 1.73. The highest BCUT2D eigenvalue weighted by atomic mass is 35.5. The molecular formula is C10H12ClN3. The molecule has 0 aliphatic rings. The first-order valence-corrected chi connectivity index (χ1v) is 4.54. The summed E-state index contributed by atoms with van der Waals surface area (Å²) < 4.78 is 1.73. The molecule has 74 valence electrons. The molecule has 14 heavy (non-hydrogen) atoms. The third kappa shape index (κ3) is 2.57. The van der Waals surface area contributed by atoms with Gasteiger partial charge >= 0.3 is 0 Å². The predicted octanol–water partition coefficient (Wildman–Crippen LogP) is 2.92. The van der Waals surface area contributed by atoms with Gasteiger partial charge in [-0.15, -0.1) is 0 Å². The van der Waals surface area contributed by atoms with Crippen LogP contribution in [-0.2, 0) is 0 Å². The van der Waals surface area contributed by atoms with Crippen molar-refractivity contribution >= 4 is 24.0 Å². The van der Waals surface area contributed by atoms with Crippen molar-refractivity contribution in [1.82, 2.24) is 9.78 Å². The molecule has 1 rings (SSSR count). The van der Waals surface area contributed by atoms with Gasteiger partial charge in [-0.2, -0.15) is 5.10 Å². The lowest BCUT2D eigenvalue weighted by Gasteiger charge is -1.97. The zero-order valence-electron chi connectivity index (χ0n) is 8.24. The van der Waals surface area contributed by atoms with Crippen molar-refractivity contribution in [3.05, 3.63) is 35.3 Å². The summed E-state index contributed by atoms with van der Waals surface area (Å²) in [6.07, 6.45) is 7.18. The number of aromatic nitrogens is 2. The van der Waals surface area contributed by atoms with Crippen molar-refractivity contribution in [3.63, 3.8) is 0 Å². The van der Waals surface area contributed by atoms with Crippen LogP contribution in [0.2, 0.25) is 5.15 Å². The Labute approximate surface area is 88.4 Å². The van der Waals surface area contributed by atoms with Crippen LogP contribution in [0.4, 0.5) is 0 Å². The Balaban J connectivity index is 2.88. The lowest BCUT2D eigenvalue weighted by Crippen LogP contribution is -1.92. The van der Waals surface area contributed by atoms with Crippen LogP contribution in [0.5, 0.6) is 0 Å². The minimum atomic E-state index is 0.531. The van der Waals surface area contributed by atoms with Crippen LogP contribution in [0.3, 0.4) is 0 Å². The molecule has 4 heteroatoms. The molecule has 0 bridgehead atoms. The molecule has 0 aliphatic heterocycles. The highest BCUT2D eigenvalue weighted by Gasteiger charge is 2.01. The fourth-order valence-electron chi connectivity index (χ4n) is 0.939. The maximum absolute atomic E-state index is 5.83. The van der Waals surface area contributed by atoms with Crippen LogP contribution in [0.25, 0.3) is 5.70 Å². The van der Waals surface area contributed by atoms with Crippen molar-refractivity contribution in [2.75, 3.05) is 0 Å². The van der Waals surface area contributed by atoms with E-state index in [1.807, 2.05) is 26.1 Å². The number of nitrogens with zero attached hydrogens (tertiary/aromatic N) is 3. The van der Waals surface area contributed by atoms with Crippen LogP contribution in [0.15, 0.2) is 29.5 Å². The molecular weight excluding hydrogens is 198 g/mol. The summed E-state index contributed by atoms with van der Waals surface area (Å²) in [5.74, 6) is 0. The summed E-state index contributed by atoms with van der Waals surface area (Å²) in [5.41, 5.74) is 1.94. The standard InChI is InChI=1S/C10H12ClN3/c1-8-7-14(13-10(8)11)9(2)5-4-6-12-3/h4-7H,3H2,1-2H3/b6-4-,9-5+. The van der Waals surface area contributed by atoms with Crippen LogP contribution in [-0.4, -0.2) is 16.5 Å². The Morgan fingerprint density at radius 3 is 2.93 bits per heavy atom. The van der Waals surface area contributed by atoms with Gasteiger partial charge in [-0.3, -0.25) is 4.99 Å². The van der Waals surface area contributed by atoms with E-state index in [0.717, 1.165) is 11.3 Å². The van der Waals surface area contributed by atoms with Crippen LogP contribution >= 0.6 is 11.6 Å². The Morgan fingerprint density at radius 2 is 2.43 bits per heavy atom. The first-order valence-electron chi connectivity index (χ1n) is 4.16.